The Bertz CT molecular complexity index is 978. The molecule has 1 aromatic heterocycles. The van der Waals surface area contributed by atoms with Crippen LogP contribution in [0.2, 0.25) is 5.02 Å². The molecule has 0 spiro atoms. The molecule has 1 heterocycles. The molecule has 29 heavy (non-hydrogen) atoms. The Labute approximate surface area is 179 Å². The van der Waals surface area contributed by atoms with E-state index in [1.165, 1.54) is 11.8 Å². The third-order valence-corrected chi connectivity index (χ3v) is 5.73. The number of halogens is 1. The molecule has 8 heteroatoms. The van der Waals surface area contributed by atoms with Crippen LogP contribution in [0, 0.1) is 6.92 Å². The number of carbonyl (C=O) groups excluding carboxylic acids is 1. The number of aromatic nitrogens is 3. The molecule has 152 valence electrons. The highest BCUT2D eigenvalue weighted by Crippen LogP contribution is 2.26. The van der Waals surface area contributed by atoms with Crippen molar-refractivity contribution in [3.05, 3.63) is 64.9 Å². The van der Waals surface area contributed by atoms with Gasteiger partial charge in [0.1, 0.15) is 5.75 Å². The van der Waals surface area contributed by atoms with Gasteiger partial charge in [0.05, 0.1) is 5.75 Å². The van der Waals surface area contributed by atoms with Crippen LogP contribution >= 0.6 is 23.4 Å². The molecular formula is C21H23ClN4O2S. The Morgan fingerprint density at radius 1 is 1.21 bits per heavy atom. The first-order valence-electron chi connectivity index (χ1n) is 9.32. The van der Waals surface area contributed by atoms with E-state index in [2.05, 4.69) is 15.5 Å². The number of para-hydroxylation sites is 1. The number of carbonyl (C=O) groups is 1. The fraction of sp³-hybridized carbons (Fsp3) is 0.286. The van der Waals surface area contributed by atoms with Gasteiger partial charge in [-0.1, -0.05) is 47.6 Å². The molecule has 1 unspecified atom stereocenters. The number of hydrogen-bond acceptors (Lipinski definition) is 5. The van der Waals surface area contributed by atoms with E-state index in [9.17, 15) is 4.79 Å². The molecule has 1 N–H and O–H groups in total. The van der Waals surface area contributed by atoms with Crippen LogP contribution in [0.25, 0.3) is 0 Å². The second-order valence-electron chi connectivity index (χ2n) is 6.41. The van der Waals surface area contributed by atoms with Crippen LogP contribution in [0.3, 0.4) is 0 Å². The van der Waals surface area contributed by atoms with Crippen LogP contribution in [-0.4, -0.2) is 26.4 Å². The summed E-state index contributed by atoms with van der Waals surface area (Å²) in [7, 11) is 0. The predicted octanol–water partition coefficient (Wildman–Crippen LogP) is 5.13. The molecular weight excluding hydrogens is 408 g/mol. The van der Waals surface area contributed by atoms with E-state index in [-0.39, 0.29) is 17.8 Å². The van der Waals surface area contributed by atoms with Gasteiger partial charge in [0.2, 0.25) is 5.91 Å². The second kappa shape index (κ2) is 9.80. The number of hydrogen-bond donors (Lipinski definition) is 1. The van der Waals surface area contributed by atoms with Gasteiger partial charge < -0.3 is 14.6 Å². The minimum atomic E-state index is -0.262. The van der Waals surface area contributed by atoms with Crippen molar-refractivity contribution < 1.29 is 9.53 Å². The van der Waals surface area contributed by atoms with Gasteiger partial charge >= 0.3 is 0 Å². The lowest BCUT2D eigenvalue weighted by atomic mass is 10.2. The summed E-state index contributed by atoms with van der Waals surface area (Å²) in [6.45, 7) is 6.51. The largest absolute Gasteiger partial charge is 0.483 e. The van der Waals surface area contributed by atoms with E-state index in [1.54, 1.807) is 6.07 Å². The normalized spacial score (nSPS) is 11.9. The van der Waals surface area contributed by atoms with E-state index < -0.39 is 0 Å². The summed E-state index contributed by atoms with van der Waals surface area (Å²) in [5.74, 6) is 1.60. The first-order valence-corrected chi connectivity index (χ1v) is 10.7. The molecule has 0 aliphatic carbocycles. The van der Waals surface area contributed by atoms with Crippen molar-refractivity contribution in [3.8, 4) is 5.75 Å². The lowest BCUT2D eigenvalue weighted by Crippen LogP contribution is -2.16. The zero-order valence-electron chi connectivity index (χ0n) is 16.6. The van der Waals surface area contributed by atoms with Crippen LogP contribution in [0.4, 0.5) is 5.69 Å². The minimum absolute atomic E-state index is 0.124. The molecule has 3 rings (SSSR count). The molecule has 0 aliphatic heterocycles. The quantitative estimate of drug-likeness (QED) is 0.501. The molecule has 2 aromatic carbocycles. The second-order valence-corrected chi connectivity index (χ2v) is 7.76. The monoisotopic (exact) mass is 430 g/mol. The highest BCUT2D eigenvalue weighted by molar-refractivity contribution is 7.99. The van der Waals surface area contributed by atoms with Gasteiger partial charge in [0.25, 0.3) is 0 Å². The first-order chi connectivity index (χ1) is 14.0. The maximum Gasteiger partial charge on any atom is 0.234 e. The van der Waals surface area contributed by atoms with Crippen molar-refractivity contribution in [2.24, 2.45) is 0 Å². The summed E-state index contributed by atoms with van der Waals surface area (Å²) >= 11 is 7.45. The fourth-order valence-corrected chi connectivity index (χ4v) is 3.80. The van der Waals surface area contributed by atoms with Gasteiger partial charge in [0.15, 0.2) is 17.1 Å². The third kappa shape index (κ3) is 5.31. The third-order valence-electron chi connectivity index (χ3n) is 4.36. The number of thioether (sulfide) groups is 1. The van der Waals surface area contributed by atoms with E-state index in [1.807, 2.05) is 67.8 Å². The molecule has 0 aliphatic rings. The van der Waals surface area contributed by atoms with E-state index in [0.717, 1.165) is 17.1 Å². The van der Waals surface area contributed by atoms with Crippen molar-refractivity contribution in [1.82, 2.24) is 14.8 Å². The van der Waals surface area contributed by atoms with Crippen molar-refractivity contribution >= 4 is 35.0 Å². The van der Waals surface area contributed by atoms with Gasteiger partial charge in [-0.2, -0.15) is 0 Å². The van der Waals surface area contributed by atoms with Crippen LogP contribution in [0.1, 0.15) is 31.3 Å². The Kier molecular flexibility index (Phi) is 7.17. The van der Waals surface area contributed by atoms with Gasteiger partial charge in [-0.05, 0) is 50.6 Å². The zero-order valence-corrected chi connectivity index (χ0v) is 18.1. The van der Waals surface area contributed by atoms with Crippen LogP contribution < -0.4 is 10.1 Å². The van der Waals surface area contributed by atoms with Crippen molar-refractivity contribution in [2.75, 3.05) is 11.1 Å². The molecule has 1 amide bonds. The van der Waals surface area contributed by atoms with Crippen molar-refractivity contribution in [3.63, 3.8) is 0 Å². The SMILES string of the molecule is CCn1c(SCC(=O)Nc2cccc(Cl)c2C)nnc1C(C)Oc1ccccc1. The Morgan fingerprint density at radius 2 is 1.97 bits per heavy atom. The summed E-state index contributed by atoms with van der Waals surface area (Å²) in [5.41, 5.74) is 1.56. The van der Waals surface area contributed by atoms with E-state index in [4.69, 9.17) is 16.3 Å². The summed E-state index contributed by atoms with van der Waals surface area (Å²) in [6, 6.07) is 15.0. The highest BCUT2D eigenvalue weighted by atomic mass is 35.5. The van der Waals surface area contributed by atoms with Gasteiger partial charge in [0, 0.05) is 17.3 Å². The molecule has 0 radical (unpaired) electrons. The number of ether oxygens (including phenoxy) is 1. The number of benzene rings is 2. The van der Waals surface area contributed by atoms with Crippen molar-refractivity contribution in [1.29, 1.82) is 0 Å². The smallest absolute Gasteiger partial charge is 0.234 e. The summed E-state index contributed by atoms with van der Waals surface area (Å²) in [6.07, 6.45) is -0.262. The minimum Gasteiger partial charge on any atom is -0.483 e. The highest BCUT2D eigenvalue weighted by Gasteiger charge is 2.19. The van der Waals surface area contributed by atoms with Crippen LogP contribution in [0.5, 0.6) is 5.75 Å². The molecule has 0 bridgehead atoms. The Morgan fingerprint density at radius 3 is 2.69 bits per heavy atom. The molecule has 0 fully saturated rings. The average molecular weight is 431 g/mol. The van der Waals surface area contributed by atoms with Gasteiger partial charge in [-0.15, -0.1) is 10.2 Å². The maximum atomic E-state index is 12.4. The first kappa shape index (κ1) is 21.2. The van der Waals surface area contributed by atoms with E-state index in [0.29, 0.717) is 22.4 Å². The number of nitrogens with one attached hydrogen (secondary N) is 1. The van der Waals surface area contributed by atoms with Gasteiger partial charge in [-0.3, -0.25) is 4.79 Å². The summed E-state index contributed by atoms with van der Waals surface area (Å²) in [5, 5.41) is 12.7. The van der Waals surface area contributed by atoms with Crippen LogP contribution in [0.15, 0.2) is 53.7 Å². The van der Waals surface area contributed by atoms with Gasteiger partial charge in [-0.25, -0.2) is 0 Å². The molecule has 1 atom stereocenters. The predicted molar refractivity (Wildman–Crippen MR) is 117 cm³/mol. The number of anilines is 1. The number of rotatable bonds is 8. The average Bonchev–Trinajstić information content (AvgIpc) is 3.14. The Hall–Kier alpha value is -2.51. The van der Waals surface area contributed by atoms with Crippen LogP contribution in [-0.2, 0) is 11.3 Å². The fourth-order valence-electron chi connectivity index (χ4n) is 2.82. The lowest BCUT2D eigenvalue weighted by molar-refractivity contribution is -0.113. The Balaban J connectivity index is 1.64. The maximum absolute atomic E-state index is 12.4. The van der Waals surface area contributed by atoms with Crippen molar-refractivity contribution in [2.45, 2.75) is 38.6 Å². The molecule has 0 saturated carbocycles. The number of amides is 1. The molecule has 6 nitrogen and oxygen atoms in total. The lowest BCUT2D eigenvalue weighted by Gasteiger charge is -2.15. The molecule has 0 saturated heterocycles. The zero-order chi connectivity index (χ0) is 20.8. The van der Waals surface area contributed by atoms with E-state index >= 15 is 0 Å². The topological polar surface area (TPSA) is 69.0 Å². The summed E-state index contributed by atoms with van der Waals surface area (Å²) in [4.78, 5) is 12.4. The standard InChI is InChI=1S/C21H23ClN4O2S/c1-4-26-20(15(3)28-16-9-6-5-7-10-16)24-25-21(26)29-13-19(27)23-18-12-8-11-17(22)14(18)2/h5-12,15H,4,13H2,1-3H3,(H,23,27). The summed E-state index contributed by atoms with van der Waals surface area (Å²) < 4.78 is 7.93. The molecule has 3 aromatic rings. The number of nitrogens with zero attached hydrogens (tertiary/aromatic N) is 3.